The number of carbonyl (C=O) groups is 3. The second-order valence-corrected chi connectivity index (χ2v) is 4.90. The molecule has 1 aliphatic heterocycles. The first kappa shape index (κ1) is 17.7. The van der Waals surface area contributed by atoms with E-state index < -0.39 is 24.4 Å². The van der Waals surface area contributed by atoms with E-state index in [9.17, 15) is 14.4 Å². The number of carbonyl (C=O) groups excluding carboxylic acids is 3. The first-order chi connectivity index (χ1) is 11.5. The lowest BCUT2D eigenvalue weighted by atomic mass is 10.4. The van der Waals surface area contributed by atoms with Gasteiger partial charge in [0, 0.05) is 19.2 Å². The molecule has 0 radical (unpaired) electrons. The molecular formula is C14H20N4O6. The minimum atomic E-state index is -0.749. The molecule has 0 spiro atoms. The maximum absolute atomic E-state index is 11.9. The number of anilines is 2. The maximum atomic E-state index is 11.9. The third-order valence-electron chi connectivity index (χ3n) is 3.26. The average molecular weight is 340 g/mol. The third kappa shape index (κ3) is 4.44. The van der Waals surface area contributed by atoms with E-state index in [1.807, 2.05) is 4.90 Å². The normalized spacial score (nSPS) is 14.2. The van der Waals surface area contributed by atoms with E-state index in [4.69, 9.17) is 9.47 Å². The summed E-state index contributed by atoms with van der Waals surface area (Å²) in [7, 11) is 1.21. The molecule has 0 unspecified atom stereocenters. The summed E-state index contributed by atoms with van der Waals surface area (Å²) in [4.78, 5) is 37.0. The van der Waals surface area contributed by atoms with Crippen molar-refractivity contribution < 1.29 is 28.6 Å². The van der Waals surface area contributed by atoms with Gasteiger partial charge >= 0.3 is 12.1 Å². The number of methoxy groups -OCH3 is 1. The summed E-state index contributed by atoms with van der Waals surface area (Å²) in [6, 6.07) is 1.55. The number of nitrogens with zero attached hydrogens (tertiary/aromatic N) is 3. The van der Waals surface area contributed by atoms with Gasteiger partial charge in [-0.3, -0.25) is 9.59 Å². The molecule has 1 aliphatic rings. The highest BCUT2D eigenvalue weighted by Crippen LogP contribution is 2.20. The fourth-order valence-electron chi connectivity index (χ4n) is 2.16. The quantitative estimate of drug-likeness (QED) is 0.599. The first-order valence-corrected chi connectivity index (χ1v) is 7.51. The van der Waals surface area contributed by atoms with Crippen molar-refractivity contribution in [2.45, 2.75) is 13.3 Å². The SMILES string of the molecule is CCOC(=O)CC(=O)Nc1cc(N2CCOCC2)nn1C(=O)OC. The first-order valence-electron chi connectivity index (χ1n) is 7.51. The average Bonchev–Trinajstić information content (AvgIpc) is 2.98. The van der Waals surface area contributed by atoms with Crippen molar-refractivity contribution in [1.29, 1.82) is 0 Å². The van der Waals surface area contributed by atoms with E-state index in [0.717, 1.165) is 4.68 Å². The van der Waals surface area contributed by atoms with Crippen molar-refractivity contribution in [2.75, 3.05) is 50.2 Å². The summed E-state index contributed by atoms with van der Waals surface area (Å²) in [5.74, 6) is -0.618. The smallest absolute Gasteiger partial charge is 0.436 e. The Kier molecular flexibility index (Phi) is 6.13. The summed E-state index contributed by atoms with van der Waals surface area (Å²) in [6.45, 7) is 4.18. The number of hydrogen-bond acceptors (Lipinski definition) is 8. The number of aromatic nitrogens is 2. The molecule has 132 valence electrons. The Bertz CT molecular complexity index is 608. The van der Waals surface area contributed by atoms with Gasteiger partial charge in [-0.1, -0.05) is 0 Å². The monoisotopic (exact) mass is 340 g/mol. The van der Waals surface area contributed by atoms with Crippen LogP contribution < -0.4 is 10.2 Å². The molecule has 0 atom stereocenters. The van der Waals surface area contributed by atoms with Crippen molar-refractivity contribution in [3.63, 3.8) is 0 Å². The Labute approximate surface area is 138 Å². The van der Waals surface area contributed by atoms with Crippen LogP contribution in [0.4, 0.5) is 16.4 Å². The molecule has 10 heteroatoms. The summed E-state index contributed by atoms with van der Waals surface area (Å²) >= 11 is 0. The minimum absolute atomic E-state index is 0.123. The van der Waals surface area contributed by atoms with Crippen molar-refractivity contribution in [3.05, 3.63) is 6.07 Å². The lowest BCUT2D eigenvalue weighted by Gasteiger charge is -2.26. The number of ether oxygens (including phenoxy) is 3. The van der Waals surface area contributed by atoms with Gasteiger partial charge in [-0.25, -0.2) is 4.79 Å². The highest BCUT2D eigenvalue weighted by atomic mass is 16.5. The van der Waals surface area contributed by atoms with Gasteiger partial charge in [0.2, 0.25) is 5.91 Å². The molecule has 0 aliphatic carbocycles. The van der Waals surface area contributed by atoms with E-state index in [1.165, 1.54) is 7.11 Å². The largest absolute Gasteiger partial charge is 0.466 e. The number of esters is 1. The zero-order valence-electron chi connectivity index (χ0n) is 13.6. The van der Waals surface area contributed by atoms with E-state index in [2.05, 4.69) is 15.2 Å². The molecule has 1 fully saturated rings. The Hall–Kier alpha value is -2.62. The minimum Gasteiger partial charge on any atom is -0.466 e. The lowest BCUT2D eigenvalue weighted by molar-refractivity contribution is -0.145. The van der Waals surface area contributed by atoms with Crippen LogP contribution in [0.1, 0.15) is 13.3 Å². The van der Waals surface area contributed by atoms with Crippen LogP contribution in [-0.2, 0) is 23.8 Å². The van der Waals surface area contributed by atoms with Gasteiger partial charge in [-0.05, 0) is 6.92 Å². The molecule has 1 amide bonds. The molecule has 1 aromatic heterocycles. The Morgan fingerprint density at radius 1 is 1.33 bits per heavy atom. The van der Waals surface area contributed by atoms with Crippen LogP contribution in [0.3, 0.4) is 0 Å². The van der Waals surface area contributed by atoms with E-state index in [0.29, 0.717) is 32.1 Å². The molecular weight excluding hydrogens is 320 g/mol. The van der Waals surface area contributed by atoms with Crippen molar-refractivity contribution in [2.24, 2.45) is 0 Å². The van der Waals surface area contributed by atoms with Gasteiger partial charge in [0.1, 0.15) is 12.2 Å². The topological polar surface area (TPSA) is 112 Å². The molecule has 10 nitrogen and oxygen atoms in total. The fourth-order valence-corrected chi connectivity index (χ4v) is 2.16. The standard InChI is InChI=1S/C14H20N4O6/c1-3-24-13(20)9-12(19)15-10-8-11(16-18(10)14(21)22-2)17-4-6-23-7-5-17/h8H,3-7,9H2,1-2H3,(H,15,19). The summed E-state index contributed by atoms with van der Waals surface area (Å²) in [5.41, 5.74) is 0. The highest BCUT2D eigenvalue weighted by molar-refractivity contribution is 6.02. The summed E-state index contributed by atoms with van der Waals surface area (Å²) in [5, 5.41) is 6.63. The van der Waals surface area contributed by atoms with Crippen LogP contribution in [0.2, 0.25) is 0 Å². The van der Waals surface area contributed by atoms with Crippen molar-refractivity contribution >= 4 is 29.6 Å². The summed E-state index contributed by atoms with van der Waals surface area (Å²) in [6.07, 6.45) is -1.20. The van der Waals surface area contributed by atoms with Crippen LogP contribution in [0, 0.1) is 0 Å². The molecule has 0 aromatic carbocycles. The van der Waals surface area contributed by atoms with Gasteiger partial charge in [0.05, 0.1) is 26.9 Å². The summed E-state index contributed by atoms with van der Waals surface area (Å²) < 4.78 is 15.6. The van der Waals surface area contributed by atoms with Crippen LogP contribution >= 0.6 is 0 Å². The molecule has 2 rings (SSSR count). The Balaban J connectivity index is 2.14. The van der Waals surface area contributed by atoms with Crippen LogP contribution in [-0.4, -0.2) is 67.8 Å². The lowest BCUT2D eigenvalue weighted by Crippen LogP contribution is -2.36. The number of amides is 1. The second kappa shape index (κ2) is 8.29. The number of rotatable bonds is 5. The predicted molar refractivity (Wildman–Crippen MR) is 82.9 cm³/mol. The van der Waals surface area contributed by atoms with Gasteiger partial charge < -0.3 is 24.4 Å². The van der Waals surface area contributed by atoms with Crippen LogP contribution in [0.15, 0.2) is 6.07 Å². The van der Waals surface area contributed by atoms with E-state index in [1.54, 1.807) is 13.0 Å². The molecule has 1 N–H and O–H groups in total. The molecule has 0 bridgehead atoms. The van der Waals surface area contributed by atoms with E-state index >= 15 is 0 Å². The second-order valence-electron chi connectivity index (χ2n) is 4.90. The van der Waals surface area contributed by atoms with Gasteiger partial charge in [0.25, 0.3) is 0 Å². The molecule has 2 heterocycles. The van der Waals surface area contributed by atoms with Gasteiger partial charge in [0.15, 0.2) is 5.82 Å². The highest BCUT2D eigenvalue weighted by Gasteiger charge is 2.22. The Morgan fingerprint density at radius 2 is 2.04 bits per heavy atom. The molecule has 1 saturated heterocycles. The zero-order chi connectivity index (χ0) is 17.5. The van der Waals surface area contributed by atoms with Crippen molar-refractivity contribution in [3.8, 4) is 0 Å². The molecule has 1 aromatic rings. The van der Waals surface area contributed by atoms with E-state index in [-0.39, 0.29) is 12.4 Å². The van der Waals surface area contributed by atoms with Crippen molar-refractivity contribution in [1.82, 2.24) is 9.78 Å². The van der Waals surface area contributed by atoms with Gasteiger partial charge in [-0.15, -0.1) is 9.78 Å². The Morgan fingerprint density at radius 3 is 2.67 bits per heavy atom. The maximum Gasteiger partial charge on any atom is 0.436 e. The van der Waals surface area contributed by atoms with Crippen LogP contribution in [0.5, 0.6) is 0 Å². The zero-order valence-corrected chi connectivity index (χ0v) is 13.6. The van der Waals surface area contributed by atoms with Gasteiger partial charge in [-0.2, -0.15) is 0 Å². The number of nitrogens with one attached hydrogen (secondary N) is 1. The molecule has 0 saturated carbocycles. The fraction of sp³-hybridized carbons (Fsp3) is 0.571. The van der Waals surface area contributed by atoms with Crippen LogP contribution in [0.25, 0.3) is 0 Å². The number of hydrogen-bond donors (Lipinski definition) is 1. The number of morpholine rings is 1. The third-order valence-corrected chi connectivity index (χ3v) is 3.26. The predicted octanol–water partition coefficient (Wildman–Crippen LogP) is 0.226. The molecule has 24 heavy (non-hydrogen) atoms.